The number of halogens is 5. The molecular weight excluding hydrogens is 768 g/mol. The van der Waals surface area contributed by atoms with Crippen LogP contribution in [0.15, 0.2) is 90.1 Å². The number of benzene rings is 3. The van der Waals surface area contributed by atoms with Gasteiger partial charge in [-0.05, 0) is 48.5 Å². The van der Waals surface area contributed by atoms with Gasteiger partial charge < -0.3 is 34.2 Å². The monoisotopic (exact) mass is 800 g/mol. The highest BCUT2D eigenvalue weighted by Crippen LogP contribution is 2.52. The summed E-state index contributed by atoms with van der Waals surface area (Å²) in [7, 11) is -2.70. The fourth-order valence-corrected chi connectivity index (χ4v) is 7.86. The van der Waals surface area contributed by atoms with Gasteiger partial charge in [0.05, 0.1) is 31.8 Å². The summed E-state index contributed by atoms with van der Waals surface area (Å²) in [5, 5.41) is 0.0760. The number of amides is 2. The Morgan fingerprint density at radius 3 is 2.28 bits per heavy atom. The summed E-state index contributed by atoms with van der Waals surface area (Å²) in [6.45, 7) is 0.914. The van der Waals surface area contributed by atoms with E-state index in [4.69, 9.17) is 25.8 Å². The van der Waals surface area contributed by atoms with Gasteiger partial charge in [-0.3, -0.25) is 14.6 Å². The molecule has 13 nitrogen and oxygen atoms in total. The van der Waals surface area contributed by atoms with Crippen LogP contribution in [0, 0.1) is 0 Å². The molecule has 2 aliphatic heterocycles. The summed E-state index contributed by atoms with van der Waals surface area (Å²) >= 11 is 6.41. The summed E-state index contributed by atoms with van der Waals surface area (Å²) in [5.41, 5.74) is -1.82. The second kappa shape index (κ2) is 16.1. The van der Waals surface area contributed by atoms with E-state index >= 15 is 0 Å². The van der Waals surface area contributed by atoms with E-state index in [0.29, 0.717) is 30.5 Å². The van der Waals surface area contributed by atoms with Crippen LogP contribution >= 0.6 is 24.0 Å². The second-order valence-electron chi connectivity index (χ2n) is 11.3. The SMILES string of the molecule is COc1ccc(S(=O)(=O)N2C(=O)C(OCC(=O)N3CCN(c4cccnc4)CC3)(c3ccccc3OC)c3cc(Cl)ccc32)c(OC(F)(F)F)c1.Cl.O. The molecule has 1 saturated heterocycles. The zero-order valence-corrected chi connectivity index (χ0v) is 30.4. The lowest BCUT2D eigenvalue weighted by atomic mass is 9.86. The van der Waals surface area contributed by atoms with Crippen molar-refractivity contribution in [2.75, 3.05) is 56.2 Å². The van der Waals surface area contributed by atoms with Gasteiger partial charge in [0.2, 0.25) is 11.5 Å². The van der Waals surface area contributed by atoms with Gasteiger partial charge >= 0.3 is 6.36 Å². The first-order chi connectivity index (χ1) is 24.3. The van der Waals surface area contributed by atoms with Crippen LogP contribution in [0.5, 0.6) is 17.2 Å². The van der Waals surface area contributed by atoms with E-state index in [0.717, 1.165) is 23.9 Å². The van der Waals surface area contributed by atoms with Crippen molar-refractivity contribution in [2.45, 2.75) is 16.9 Å². The number of methoxy groups -OCH3 is 2. The van der Waals surface area contributed by atoms with Crippen molar-refractivity contribution in [3.8, 4) is 17.2 Å². The Morgan fingerprint density at radius 1 is 0.925 bits per heavy atom. The standard InChI is InChI=1S/C34H30ClF3N4O8S.ClH.H2O/c1-47-24-10-12-30(29(19-24)50-34(36,37)38)51(45,46)42-27-11-9-22(35)18-26(27)33(32(42)44,25-7-3-4-8-28(25)48-2)49-21-31(43)41-16-14-40(15-17-41)23-6-5-13-39-20-23;;/h3-13,18-20H,14-17,21H2,1-2H3;1H;1H2. The predicted molar refractivity (Wildman–Crippen MR) is 189 cm³/mol. The Hall–Kier alpha value is -4.81. The first-order valence-corrected chi connectivity index (χ1v) is 17.2. The van der Waals surface area contributed by atoms with Crippen molar-refractivity contribution >= 4 is 57.2 Å². The third kappa shape index (κ3) is 7.79. The van der Waals surface area contributed by atoms with Crippen LogP contribution in [0.25, 0.3) is 0 Å². The molecule has 1 aromatic heterocycles. The molecular formula is C34H33Cl2F3N4O9S. The maximum absolute atomic E-state index is 14.9. The van der Waals surface area contributed by atoms with Crippen LogP contribution in [0.2, 0.25) is 5.02 Å². The van der Waals surface area contributed by atoms with E-state index in [2.05, 4.69) is 14.6 Å². The lowest BCUT2D eigenvalue weighted by Gasteiger charge is -2.37. The first-order valence-electron chi connectivity index (χ1n) is 15.3. The average molecular weight is 802 g/mol. The molecule has 284 valence electrons. The molecule has 0 saturated carbocycles. The van der Waals surface area contributed by atoms with Gasteiger partial charge in [-0.1, -0.05) is 29.8 Å². The largest absolute Gasteiger partial charge is 0.573 e. The molecule has 0 bridgehead atoms. The quantitative estimate of drug-likeness (QED) is 0.222. The smallest absolute Gasteiger partial charge is 0.497 e. The Labute approximate surface area is 313 Å². The number of fused-ring (bicyclic) bond motifs is 1. The molecule has 2 N–H and O–H groups in total. The highest BCUT2D eigenvalue weighted by Gasteiger charge is 2.59. The minimum atomic E-state index is -5.30. The molecule has 1 fully saturated rings. The topological polar surface area (TPSA) is 159 Å². The molecule has 3 heterocycles. The number of piperazine rings is 1. The average Bonchev–Trinajstić information content (AvgIpc) is 3.37. The van der Waals surface area contributed by atoms with E-state index in [1.807, 2.05) is 12.1 Å². The lowest BCUT2D eigenvalue weighted by Crippen LogP contribution is -2.51. The number of nitrogens with zero attached hydrogens (tertiary/aromatic N) is 4. The molecule has 0 spiro atoms. The van der Waals surface area contributed by atoms with Gasteiger partial charge in [0.25, 0.3) is 15.9 Å². The Balaban J connectivity index is 0.00000314. The molecule has 1 atom stereocenters. The summed E-state index contributed by atoms with van der Waals surface area (Å²) in [5.74, 6) is -2.93. The number of rotatable bonds is 10. The Morgan fingerprint density at radius 2 is 1.64 bits per heavy atom. The van der Waals surface area contributed by atoms with E-state index in [1.54, 1.807) is 29.4 Å². The van der Waals surface area contributed by atoms with Crippen molar-refractivity contribution in [1.29, 1.82) is 0 Å². The van der Waals surface area contributed by atoms with Crippen molar-refractivity contribution in [1.82, 2.24) is 9.88 Å². The predicted octanol–water partition coefficient (Wildman–Crippen LogP) is 4.59. The van der Waals surface area contributed by atoms with Crippen LogP contribution in [0.3, 0.4) is 0 Å². The number of ether oxygens (including phenoxy) is 4. The normalized spacial score (nSPS) is 17.0. The molecule has 2 aliphatic rings. The van der Waals surface area contributed by atoms with E-state index < -0.39 is 51.1 Å². The Kier molecular flexibility index (Phi) is 12.4. The fraction of sp³-hybridized carbons (Fsp3) is 0.265. The third-order valence-electron chi connectivity index (χ3n) is 8.48. The molecule has 6 rings (SSSR count). The number of hydrogen-bond acceptors (Lipinski definition) is 10. The van der Waals surface area contributed by atoms with Crippen LogP contribution < -0.4 is 23.4 Å². The molecule has 2 amide bonds. The number of sulfonamides is 1. The maximum atomic E-state index is 14.9. The number of alkyl halides is 3. The molecule has 4 aromatic rings. The number of carbonyl (C=O) groups excluding carboxylic acids is 2. The summed E-state index contributed by atoms with van der Waals surface area (Å²) in [4.78, 5) is 35.3. The molecule has 0 aliphatic carbocycles. The number of hydrogen-bond donors (Lipinski definition) is 0. The third-order valence-corrected chi connectivity index (χ3v) is 10.5. The van der Waals surface area contributed by atoms with Gasteiger partial charge in [0.15, 0.2) is 5.75 Å². The molecule has 19 heteroatoms. The zero-order valence-electron chi connectivity index (χ0n) is 28.0. The van der Waals surface area contributed by atoms with Crippen molar-refractivity contribution in [3.05, 3.63) is 101 Å². The summed E-state index contributed by atoms with van der Waals surface area (Å²) in [6.07, 6.45) is -1.92. The molecule has 53 heavy (non-hydrogen) atoms. The van der Waals surface area contributed by atoms with Crippen LogP contribution in [0.4, 0.5) is 24.5 Å². The minimum absolute atomic E-state index is 0. The van der Waals surface area contributed by atoms with E-state index in [9.17, 15) is 31.2 Å². The summed E-state index contributed by atoms with van der Waals surface area (Å²) in [6, 6.07) is 16.3. The van der Waals surface area contributed by atoms with Gasteiger partial charge in [-0.25, -0.2) is 8.42 Å². The lowest BCUT2D eigenvalue weighted by molar-refractivity contribution is -0.275. The molecule has 1 unspecified atom stereocenters. The Bertz CT molecular complexity index is 2070. The van der Waals surface area contributed by atoms with Crippen LogP contribution in [-0.4, -0.2) is 89.0 Å². The van der Waals surface area contributed by atoms with Crippen molar-refractivity contribution < 1.29 is 55.6 Å². The maximum Gasteiger partial charge on any atom is 0.573 e. The van der Waals surface area contributed by atoms with Crippen molar-refractivity contribution in [3.63, 3.8) is 0 Å². The number of anilines is 2. The number of carbonyl (C=O) groups is 2. The van der Waals surface area contributed by atoms with E-state index in [-0.39, 0.29) is 51.2 Å². The first kappa shape index (κ1) is 41.0. The number of pyridine rings is 1. The highest BCUT2D eigenvalue weighted by atomic mass is 35.5. The number of para-hydroxylation sites is 1. The summed E-state index contributed by atoms with van der Waals surface area (Å²) < 4.78 is 90.7. The fourth-order valence-electron chi connectivity index (χ4n) is 6.13. The van der Waals surface area contributed by atoms with Crippen molar-refractivity contribution in [2.24, 2.45) is 0 Å². The molecule has 3 aromatic carbocycles. The van der Waals surface area contributed by atoms with Gasteiger partial charge in [0.1, 0.15) is 23.0 Å². The van der Waals surface area contributed by atoms with Crippen LogP contribution in [-0.2, 0) is 30.0 Å². The highest BCUT2D eigenvalue weighted by molar-refractivity contribution is 7.93. The zero-order chi connectivity index (χ0) is 36.6. The van der Waals surface area contributed by atoms with Gasteiger partial charge in [-0.2, -0.15) is 4.31 Å². The van der Waals surface area contributed by atoms with E-state index in [1.165, 1.54) is 44.6 Å². The van der Waals surface area contributed by atoms with Crippen LogP contribution in [0.1, 0.15) is 11.1 Å². The van der Waals surface area contributed by atoms with Gasteiger partial charge in [0, 0.05) is 54.6 Å². The molecule has 0 radical (unpaired) electrons. The minimum Gasteiger partial charge on any atom is -0.497 e. The second-order valence-corrected chi connectivity index (χ2v) is 13.5. The number of aromatic nitrogens is 1. The van der Waals surface area contributed by atoms with Gasteiger partial charge in [-0.15, -0.1) is 25.6 Å².